The van der Waals surface area contributed by atoms with Gasteiger partial charge in [-0.1, -0.05) is 0 Å². The van der Waals surface area contributed by atoms with Crippen molar-refractivity contribution in [3.05, 3.63) is 0 Å². The highest BCUT2D eigenvalue weighted by Crippen LogP contribution is 2.02. The number of carbonyl (C=O) groups excluding carboxylic acids is 3. The minimum Gasteiger partial charge on any atom is -0.354 e. The van der Waals surface area contributed by atoms with Crippen LogP contribution in [0.25, 0.3) is 0 Å². The number of nitrogens with zero attached hydrogens (tertiary/aromatic N) is 2. The van der Waals surface area contributed by atoms with Gasteiger partial charge in [0.1, 0.15) is 0 Å². The Kier molecular flexibility index (Phi) is 6.40. The molecule has 114 valence electrons. The van der Waals surface area contributed by atoms with Crippen LogP contribution in [0.15, 0.2) is 0 Å². The van der Waals surface area contributed by atoms with Gasteiger partial charge in [0, 0.05) is 47.3 Å². The zero-order chi connectivity index (χ0) is 15.1. The summed E-state index contributed by atoms with van der Waals surface area (Å²) >= 11 is 0. The molecular weight excluding hydrogens is 266 g/mol. The van der Waals surface area contributed by atoms with E-state index in [9.17, 15) is 14.4 Å². The Balaban J connectivity index is 2.39. The molecule has 8 nitrogen and oxygen atoms in total. The Hall–Kier alpha value is -1.67. The van der Waals surface area contributed by atoms with E-state index < -0.39 is 18.1 Å². The van der Waals surface area contributed by atoms with Gasteiger partial charge in [-0.2, -0.15) is 0 Å². The van der Waals surface area contributed by atoms with Crippen LogP contribution in [0, 0.1) is 0 Å². The maximum atomic E-state index is 11.9. The van der Waals surface area contributed by atoms with Crippen LogP contribution in [-0.4, -0.2) is 80.8 Å². The fraction of sp³-hybridized carbons (Fsp3) is 0.750. The Morgan fingerprint density at radius 2 is 1.55 bits per heavy atom. The average molecular weight is 287 g/mol. The fourth-order valence-electron chi connectivity index (χ4n) is 1.88. The summed E-state index contributed by atoms with van der Waals surface area (Å²) in [5.74, 6) is -1.32. The maximum absolute atomic E-state index is 11.9. The van der Waals surface area contributed by atoms with Gasteiger partial charge < -0.3 is 24.6 Å². The number of nitrogens with one attached hydrogen (secondary N) is 1. The van der Waals surface area contributed by atoms with E-state index in [-0.39, 0.29) is 12.5 Å². The van der Waals surface area contributed by atoms with Crippen LogP contribution in [0.4, 0.5) is 0 Å². The molecule has 0 bridgehead atoms. The Morgan fingerprint density at radius 3 is 2.00 bits per heavy atom. The molecule has 0 aromatic carbocycles. The molecule has 0 radical (unpaired) electrons. The molecule has 0 aromatic rings. The number of hydrogen-bond donors (Lipinski definition) is 1. The summed E-state index contributed by atoms with van der Waals surface area (Å²) in [4.78, 5) is 37.8. The summed E-state index contributed by atoms with van der Waals surface area (Å²) in [5.41, 5.74) is 0. The largest absolute Gasteiger partial charge is 0.354 e. The molecule has 1 heterocycles. The fourth-order valence-corrected chi connectivity index (χ4v) is 1.88. The molecule has 0 atom stereocenters. The molecule has 0 unspecified atom stereocenters. The van der Waals surface area contributed by atoms with Gasteiger partial charge in [-0.05, 0) is 0 Å². The van der Waals surface area contributed by atoms with Crippen molar-refractivity contribution in [3.8, 4) is 0 Å². The Labute approximate surface area is 118 Å². The number of ether oxygens (including phenoxy) is 2. The summed E-state index contributed by atoms with van der Waals surface area (Å²) in [6, 6.07) is 0. The molecule has 3 amide bonds. The molecule has 1 rings (SSSR count). The van der Waals surface area contributed by atoms with Gasteiger partial charge in [-0.25, -0.2) is 0 Å². The van der Waals surface area contributed by atoms with Gasteiger partial charge in [-0.15, -0.1) is 0 Å². The number of piperazine rings is 1. The number of hydrogen-bond acceptors (Lipinski definition) is 5. The summed E-state index contributed by atoms with van der Waals surface area (Å²) in [7, 11) is 2.90. The predicted molar refractivity (Wildman–Crippen MR) is 69.6 cm³/mol. The minimum absolute atomic E-state index is 0.0235. The van der Waals surface area contributed by atoms with Crippen LogP contribution in [0.2, 0.25) is 0 Å². The third-order valence-electron chi connectivity index (χ3n) is 3.16. The topological polar surface area (TPSA) is 88.2 Å². The molecule has 1 aliphatic heterocycles. The van der Waals surface area contributed by atoms with Crippen molar-refractivity contribution in [2.45, 2.75) is 13.2 Å². The first-order chi connectivity index (χ1) is 9.49. The molecule has 0 spiro atoms. The van der Waals surface area contributed by atoms with Crippen molar-refractivity contribution < 1.29 is 23.9 Å². The molecule has 20 heavy (non-hydrogen) atoms. The summed E-state index contributed by atoms with van der Waals surface area (Å²) < 4.78 is 9.82. The van der Waals surface area contributed by atoms with E-state index >= 15 is 0 Å². The van der Waals surface area contributed by atoms with Gasteiger partial charge >= 0.3 is 11.8 Å². The summed E-state index contributed by atoms with van der Waals surface area (Å²) in [6.45, 7) is 3.22. The first-order valence-corrected chi connectivity index (χ1v) is 6.37. The molecule has 1 saturated heterocycles. The standard InChI is InChI=1S/C12H21N3O5/c1-9(16)14-4-6-15(7-5-14)12(18)11(17)13-8-10(19-2)20-3/h10H,4-8H2,1-3H3,(H,13,17). The van der Waals surface area contributed by atoms with E-state index in [1.165, 1.54) is 26.0 Å². The van der Waals surface area contributed by atoms with Gasteiger partial charge in [0.25, 0.3) is 0 Å². The highest BCUT2D eigenvalue weighted by molar-refractivity contribution is 6.35. The van der Waals surface area contributed by atoms with Crippen LogP contribution in [0.1, 0.15) is 6.92 Å². The molecule has 1 fully saturated rings. The highest BCUT2D eigenvalue weighted by atomic mass is 16.7. The number of amides is 3. The van der Waals surface area contributed by atoms with Gasteiger partial charge in [0.05, 0.1) is 6.54 Å². The Morgan fingerprint density at radius 1 is 1.05 bits per heavy atom. The highest BCUT2D eigenvalue weighted by Gasteiger charge is 2.26. The number of carbonyl (C=O) groups is 3. The average Bonchev–Trinajstić information content (AvgIpc) is 2.47. The van der Waals surface area contributed by atoms with Crippen LogP contribution in [0.5, 0.6) is 0 Å². The van der Waals surface area contributed by atoms with E-state index in [0.717, 1.165) is 0 Å². The van der Waals surface area contributed by atoms with E-state index in [1.54, 1.807) is 4.90 Å². The SMILES string of the molecule is COC(CNC(=O)C(=O)N1CCN(C(C)=O)CC1)OC. The molecular formula is C12H21N3O5. The lowest BCUT2D eigenvalue weighted by Gasteiger charge is -2.33. The van der Waals surface area contributed by atoms with Gasteiger partial charge in [0.2, 0.25) is 5.91 Å². The number of rotatable bonds is 4. The van der Waals surface area contributed by atoms with Crippen LogP contribution < -0.4 is 5.32 Å². The van der Waals surface area contributed by atoms with Crippen molar-refractivity contribution in [1.82, 2.24) is 15.1 Å². The van der Waals surface area contributed by atoms with E-state index in [2.05, 4.69) is 5.32 Å². The van der Waals surface area contributed by atoms with Crippen LogP contribution in [0.3, 0.4) is 0 Å². The second kappa shape index (κ2) is 7.81. The van der Waals surface area contributed by atoms with E-state index in [1.807, 2.05) is 0 Å². The van der Waals surface area contributed by atoms with Crippen molar-refractivity contribution in [2.75, 3.05) is 46.9 Å². The second-order valence-corrected chi connectivity index (χ2v) is 4.41. The third kappa shape index (κ3) is 4.46. The van der Waals surface area contributed by atoms with Crippen molar-refractivity contribution in [2.24, 2.45) is 0 Å². The van der Waals surface area contributed by atoms with Crippen molar-refractivity contribution in [3.63, 3.8) is 0 Å². The molecule has 0 aromatic heterocycles. The smallest absolute Gasteiger partial charge is 0.312 e. The first-order valence-electron chi connectivity index (χ1n) is 6.37. The lowest BCUT2D eigenvalue weighted by atomic mass is 10.3. The normalized spacial score (nSPS) is 15.4. The first kappa shape index (κ1) is 16.4. The van der Waals surface area contributed by atoms with E-state index in [4.69, 9.17) is 9.47 Å². The van der Waals surface area contributed by atoms with Gasteiger partial charge in [-0.3, -0.25) is 14.4 Å². The lowest BCUT2D eigenvalue weighted by molar-refractivity contribution is -0.149. The van der Waals surface area contributed by atoms with E-state index in [0.29, 0.717) is 26.2 Å². The Bertz CT molecular complexity index is 362. The molecule has 0 saturated carbocycles. The second-order valence-electron chi connectivity index (χ2n) is 4.41. The molecule has 1 aliphatic rings. The van der Waals surface area contributed by atoms with Crippen LogP contribution in [-0.2, 0) is 23.9 Å². The lowest BCUT2D eigenvalue weighted by Crippen LogP contribution is -2.54. The number of methoxy groups -OCH3 is 2. The monoisotopic (exact) mass is 287 g/mol. The predicted octanol–water partition coefficient (Wildman–Crippen LogP) is -1.59. The summed E-state index contributed by atoms with van der Waals surface area (Å²) in [6.07, 6.45) is -0.582. The van der Waals surface area contributed by atoms with Gasteiger partial charge in [0.15, 0.2) is 6.29 Å². The molecule has 8 heteroatoms. The third-order valence-corrected chi connectivity index (χ3v) is 3.16. The zero-order valence-electron chi connectivity index (χ0n) is 12.0. The van der Waals surface area contributed by atoms with Crippen LogP contribution >= 0.6 is 0 Å². The maximum Gasteiger partial charge on any atom is 0.312 e. The quantitative estimate of drug-likeness (QED) is 0.497. The summed E-state index contributed by atoms with van der Waals surface area (Å²) in [5, 5.41) is 2.45. The molecule has 1 N–H and O–H groups in total. The minimum atomic E-state index is -0.694. The van der Waals surface area contributed by atoms with Crippen molar-refractivity contribution >= 4 is 17.7 Å². The zero-order valence-corrected chi connectivity index (χ0v) is 12.0. The van der Waals surface area contributed by atoms with Crippen molar-refractivity contribution in [1.29, 1.82) is 0 Å². The molecule has 0 aliphatic carbocycles.